The Bertz CT molecular complexity index is 1060. The number of aromatic nitrogens is 1. The van der Waals surface area contributed by atoms with Crippen LogP contribution in [0.25, 0.3) is 11.3 Å². The summed E-state index contributed by atoms with van der Waals surface area (Å²) in [6, 6.07) is 12.9. The second-order valence-electron chi connectivity index (χ2n) is 5.71. The number of nitro groups is 1. The Morgan fingerprint density at radius 2 is 2.04 bits per heavy atom. The number of benzene rings is 2. The fourth-order valence-electron chi connectivity index (χ4n) is 2.34. The van der Waals surface area contributed by atoms with Gasteiger partial charge in [-0.1, -0.05) is 30.3 Å². The minimum atomic E-state index is -0.522. The molecule has 0 saturated carbocycles. The van der Waals surface area contributed by atoms with E-state index in [0.29, 0.717) is 22.1 Å². The van der Waals surface area contributed by atoms with Crippen molar-refractivity contribution in [3.8, 4) is 11.3 Å². The fraction of sp³-hybridized carbons (Fsp3) is 0.0556. The molecule has 10 heteroatoms. The highest BCUT2D eigenvalue weighted by molar-refractivity contribution is 7.13. The van der Waals surface area contributed by atoms with Gasteiger partial charge in [-0.3, -0.25) is 15.4 Å². The van der Waals surface area contributed by atoms with E-state index in [1.54, 1.807) is 23.6 Å². The van der Waals surface area contributed by atoms with Crippen molar-refractivity contribution >= 4 is 39.8 Å². The number of nitrogens with one attached hydrogen (secondary N) is 2. The van der Waals surface area contributed by atoms with Crippen LogP contribution in [0.1, 0.15) is 5.56 Å². The zero-order valence-corrected chi connectivity index (χ0v) is 15.6. The molecule has 1 heterocycles. The summed E-state index contributed by atoms with van der Waals surface area (Å²) in [5.74, 6) is -0.119. The number of urea groups is 1. The second kappa shape index (κ2) is 8.27. The van der Waals surface area contributed by atoms with Gasteiger partial charge in [0.25, 0.3) is 5.69 Å². The first-order chi connectivity index (χ1) is 13.4. The molecule has 1 aromatic heterocycles. The van der Waals surface area contributed by atoms with Gasteiger partial charge >= 0.3 is 6.03 Å². The van der Waals surface area contributed by atoms with Crippen LogP contribution in [-0.4, -0.2) is 21.9 Å². The van der Waals surface area contributed by atoms with Crippen LogP contribution in [-0.2, 0) is 0 Å². The lowest BCUT2D eigenvalue weighted by molar-refractivity contribution is -0.384. The molecule has 0 atom stereocenters. The number of anilines is 1. The van der Waals surface area contributed by atoms with E-state index in [2.05, 4.69) is 20.6 Å². The number of aryl methyl sites for hydroxylation is 1. The van der Waals surface area contributed by atoms with Crippen LogP contribution >= 0.6 is 11.3 Å². The van der Waals surface area contributed by atoms with E-state index in [9.17, 15) is 14.9 Å². The minimum Gasteiger partial charge on any atom is -0.369 e. The van der Waals surface area contributed by atoms with Crippen molar-refractivity contribution in [3.05, 3.63) is 69.6 Å². The standard InChI is InChI=1S/C18H16N6O3S/c1-11-5-2-3-8-14(11)20-17(25)22-16(19)23-18-21-15(10-28-18)12-6-4-7-13(9-12)24(26)27/h2-10H,1H3,(H4,19,20,21,22,23,25). The Balaban J connectivity index is 1.68. The summed E-state index contributed by atoms with van der Waals surface area (Å²) in [6.45, 7) is 1.87. The van der Waals surface area contributed by atoms with Gasteiger partial charge in [0.05, 0.1) is 10.6 Å². The van der Waals surface area contributed by atoms with Crippen LogP contribution in [0.5, 0.6) is 0 Å². The zero-order chi connectivity index (χ0) is 20.1. The monoisotopic (exact) mass is 396 g/mol. The van der Waals surface area contributed by atoms with Crippen LogP contribution in [0.3, 0.4) is 0 Å². The maximum atomic E-state index is 12.0. The number of guanidine groups is 1. The van der Waals surface area contributed by atoms with Gasteiger partial charge in [0.2, 0.25) is 11.1 Å². The molecule has 3 aromatic rings. The molecule has 2 aromatic carbocycles. The molecule has 142 valence electrons. The number of amides is 2. The van der Waals surface area contributed by atoms with Gasteiger partial charge in [0.15, 0.2) is 0 Å². The normalized spacial score (nSPS) is 11.1. The highest BCUT2D eigenvalue weighted by Gasteiger charge is 2.11. The second-order valence-corrected chi connectivity index (χ2v) is 6.55. The Morgan fingerprint density at radius 3 is 2.79 bits per heavy atom. The summed E-state index contributed by atoms with van der Waals surface area (Å²) in [4.78, 5) is 30.8. The van der Waals surface area contributed by atoms with E-state index in [1.165, 1.54) is 23.5 Å². The van der Waals surface area contributed by atoms with E-state index in [0.717, 1.165) is 5.56 Å². The molecule has 0 radical (unpaired) electrons. The topological polar surface area (TPSA) is 136 Å². The lowest BCUT2D eigenvalue weighted by Crippen LogP contribution is -2.39. The van der Waals surface area contributed by atoms with Gasteiger partial charge in [-0.15, -0.1) is 11.3 Å². The quantitative estimate of drug-likeness (QED) is 0.267. The summed E-state index contributed by atoms with van der Waals surface area (Å²) in [6.07, 6.45) is 0. The molecule has 3 rings (SSSR count). The first-order valence-corrected chi connectivity index (χ1v) is 8.98. The lowest BCUT2D eigenvalue weighted by atomic mass is 10.1. The first kappa shape index (κ1) is 19.0. The number of carbonyl (C=O) groups is 1. The number of para-hydroxylation sites is 1. The van der Waals surface area contributed by atoms with Crippen molar-refractivity contribution in [3.63, 3.8) is 0 Å². The van der Waals surface area contributed by atoms with Gasteiger partial charge in [0.1, 0.15) is 0 Å². The average Bonchev–Trinajstić information content (AvgIpc) is 3.12. The molecule has 2 amide bonds. The average molecular weight is 396 g/mol. The van der Waals surface area contributed by atoms with Gasteiger partial charge in [-0.2, -0.15) is 4.99 Å². The summed E-state index contributed by atoms with van der Waals surface area (Å²) < 4.78 is 0. The number of nitrogens with two attached hydrogens (primary N) is 1. The van der Waals surface area contributed by atoms with E-state index < -0.39 is 11.0 Å². The molecule has 0 unspecified atom stereocenters. The lowest BCUT2D eigenvalue weighted by Gasteiger charge is -2.08. The molecule has 0 saturated heterocycles. The van der Waals surface area contributed by atoms with Crippen molar-refractivity contribution in [1.29, 1.82) is 0 Å². The number of thiazole rings is 1. The summed E-state index contributed by atoms with van der Waals surface area (Å²) in [5.41, 5.74) is 8.44. The molecule has 0 aliphatic rings. The van der Waals surface area contributed by atoms with Gasteiger partial charge in [-0.05, 0) is 18.6 Å². The van der Waals surface area contributed by atoms with E-state index in [4.69, 9.17) is 5.73 Å². The van der Waals surface area contributed by atoms with Crippen LogP contribution in [0.2, 0.25) is 0 Å². The van der Waals surface area contributed by atoms with Gasteiger partial charge in [0, 0.05) is 28.8 Å². The van der Waals surface area contributed by atoms with E-state index >= 15 is 0 Å². The van der Waals surface area contributed by atoms with Crippen molar-refractivity contribution < 1.29 is 9.72 Å². The number of rotatable bonds is 4. The molecular formula is C18H16N6O3S. The largest absolute Gasteiger partial charge is 0.369 e. The third-order valence-electron chi connectivity index (χ3n) is 3.70. The third-order valence-corrected chi connectivity index (χ3v) is 4.43. The fourth-order valence-corrected chi connectivity index (χ4v) is 3.05. The molecule has 4 N–H and O–H groups in total. The Morgan fingerprint density at radius 1 is 1.25 bits per heavy atom. The summed E-state index contributed by atoms with van der Waals surface area (Å²) in [5, 5.41) is 18.0. The zero-order valence-electron chi connectivity index (χ0n) is 14.7. The first-order valence-electron chi connectivity index (χ1n) is 8.10. The van der Waals surface area contributed by atoms with E-state index in [-0.39, 0.29) is 11.6 Å². The molecule has 9 nitrogen and oxygen atoms in total. The minimum absolute atomic E-state index is 0.0235. The van der Waals surface area contributed by atoms with Gasteiger partial charge < -0.3 is 11.1 Å². The number of aliphatic imine (C=N–C) groups is 1. The maximum Gasteiger partial charge on any atom is 0.326 e. The number of hydrogen-bond donors (Lipinski definition) is 3. The Hall–Kier alpha value is -3.79. The van der Waals surface area contributed by atoms with Crippen molar-refractivity contribution in [2.45, 2.75) is 6.92 Å². The SMILES string of the molecule is Cc1ccccc1NC(=O)N/C(N)=N/c1nc(-c2cccc([N+](=O)[O-])c2)cs1. The Kier molecular flexibility index (Phi) is 5.61. The molecule has 28 heavy (non-hydrogen) atoms. The predicted octanol–water partition coefficient (Wildman–Crippen LogP) is 3.79. The van der Waals surface area contributed by atoms with Crippen LogP contribution < -0.4 is 16.4 Å². The maximum absolute atomic E-state index is 12.0. The molecule has 0 fully saturated rings. The van der Waals surface area contributed by atoms with Crippen LogP contribution in [0.15, 0.2) is 58.9 Å². The van der Waals surface area contributed by atoms with Crippen LogP contribution in [0.4, 0.5) is 21.3 Å². The molecule has 0 aliphatic carbocycles. The van der Waals surface area contributed by atoms with Gasteiger partial charge in [-0.25, -0.2) is 9.78 Å². The predicted molar refractivity (Wildman–Crippen MR) is 109 cm³/mol. The highest BCUT2D eigenvalue weighted by atomic mass is 32.1. The number of hydrogen-bond acceptors (Lipinski definition) is 6. The molecular weight excluding hydrogens is 380 g/mol. The number of non-ortho nitro benzene ring substituents is 1. The summed E-state index contributed by atoms with van der Waals surface area (Å²) in [7, 11) is 0. The van der Waals surface area contributed by atoms with E-state index in [1.807, 2.05) is 25.1 Å². The molecule has 0 bridgehead atoms. The number of carbonyl (C=O) groups excluding carboxylic acids is 1. The van der Waals surface area contributed by atoms with Crippen molar-refractivity contribution in [2.24, 2.45) is 10.7 Å². The highest BCUT2D eigenvalue weighted by Crippen LogP contribution is 2.28. The number of nitro benzene ring substituents is 1. The number of nitrogens with zero attached hydrogens (tertiary/aromatic N) is 3. The van der Waals surface area contributed by atoms with Crippen molar-refractivity contribution in [1.82, 2.24) is 10.3 Å². The molecule has 0 aliphatic heterocycles. The van der Waals surface area contributed by atoms with Crippen LogP contribution in [0, 0.1) is 17.0 Å². The summed E-state index contributed by atoms with van der Waals surface area (Å²) >= 11 is 1.20. The molecule has 0 spiro atoms. The third kappa shape index (κ3) is 4.68. The van der Waals surface area contributed by atoms with Crippen molar-refractivity contribution in [2.75, 3.05) is 5.32 Å². The smallest absolute Gasteiger partial charge is 0.326 e. The Labute approximate surface area is 164 Å².